The summed E-state index contributed by atoms with van der Waals surface area (Å²) in [4.78, 5) is 0. The number of hydrogen-bond donors (Lipinski definition) is 4. The van der Waals surface area contributed by atoms with Crippen LogP contribution < -0.4 is 0 Å². The van der Waals surface area contributed by atoms with Gasteiger partial charge in [0, 0.05) is 5.02 Å². The van der Waals surface area contributed by atoms with Crippen LogP contribution in [0.1, 0.15) is 59.6 Å². The molecular formula is C26H31ClO5. The summed E-state index contributed by atoms with van der Waals surface area (Å²) in [5.41, 5.74) is 6.21. The minimum Gasteiger partial charge on any atom is -0.394 e. The molecule has 1 saturated heterocycles. The molecule has 2 aliphatic carbocycles. The van der Waals surface area contributed by atoms with Crippen molar-refractivity contribution in [1.29, 1.82) is 0 Å². The normalized spacial score (nSPS) is 31.2. The van der Waals surface area contributed by atoms with Gasteiger partial charge in [-0.1, -0.05) is 54.8 Å². The molecule has 2 fully saturated rings. The molecule has 172 valence electrons. The topological polar surface area (TPSA) is 90.2 Å². The van der Waals surface area contributed by atoms with Gasteiger partial charge in [0.1, 0.15) is 30.5 Å². The summed E-state index contributed by atoms with van der Waals surface area (Å²) in [6.45, 7) is -0.446. The van der Waals surface area contributed by atoms with Crippen LogP contribution in [0.25, 0.3) is 0 Å². The highest BCUT2D eigenvalue weighted by molar-refractivity contribution is 6.31. The van der Waals surface area contributed by atoms with Crippen LogP contribution in [0.4, 0.5) is 0 Å². The molecule has 3 aliphatic rings. The molecule has 0 bridgehead atoms. The fourth-order valence-electron chi connectivity index (χ4n) is 5.98. The van der Waals surface area contributed by atoms with E-state index in [-0.39, 0.29) is 0 Å². The third kappa shape index (κ3) is 4.00. The van der Waals surface area contributed by atoms with Gasteiger partial charge in [-0.2, -0.15) is 0 Å². The Hall–Kier alpha value is -1.47. The minimum absolute atomic E-state index is 0.446. The van der Waals surface area contributed by atoms with Crippen LogP contribution in [0, 0.1) is 5.41 Å². The molecule has 0 amide bonds. The van der Waals surface area contributed by atoms with Gasteiger partial charge in [0.05, 0.1) is 6.61 Å². The van der Waals surface area contributed by atoms with E-state index < -0.39 is 37.1 Å². The van der Waals surface area contributed by atoms with E-state index >= 15 is 0 Å². The van der Waals surface area contributed by atoms with E-state index in [0.29, 0.717) is 22.4 Å². The highest BCUT2D eigenvalue weighted by Crippen LogP contribution is 2.49. The van der Waals surface area contributed by atoms with Crippen molar-refractivity contribution in [2.45, 2.75) is 75.5 Å². The van der Waals surface area contributed by atoms with E-state index in [9.17, 15) is 20.4 Å². The second-order valence-electron chi connectivity index (χ2n) is 9.94. The van der Waals surface area contributed by atoms with Crippen molar-refractivity contribution in [3.8, 4) is 0 Å². The predicted octanol–water partition coefficient (Wildman–Crippen LogP) is 3.10. The van der Waals surface area contributed by atoms with Crippen LogP contribution in [0.5, 0.6) is 0 Å². The van der Waals surface area contributed by atoms with Crippen LogP contribution in [0.3, 0.4) is 0 Å². The summed E-state index contributed by atoms with van der Waals surface area (Å²) in [7, 11) is 0. The number of fused-ring (bicyclic) bond motifs is 1. The molecule has 32 heavy (non-hydrogen) atoms. The van der Waals surface area contributed by atoms with Crippen molar-refractivity contribution in [3.05, 3.63) is 69.2 Å². The number of rotatable bonds is 4. The van der Waals surface area contributed by atoms with E-state index in [1.54, 1.807) is 12.1 Å². The first-order valence-electron chi connectivity index (χ1n) is 11.6. The SMILES string of the molecule is OC[C@H]1OC(c2ccc(Cl)c(Cc3ccc4c(c3)CC3(CCCC3)C4)c2)[C@H](O)[C@@H](O)[C@@H]1O. The first kappa shape index (κ1) is 22.3. The van der Waals surface area contributed by atoms with Crippen LogP contribution in [0.15, 0.2) is 36.4 Å². The van der Waals surface area contributed by atoms with E-state index in [1.165, 1.54) is 55.2 Å². The Labute approximate surface area is 193 Å². The first-order chi connectivity index (χ1) is 15.4. The van der Waals surface area contributed by atoms with Crippen LogP contribution in [0.2, 0.25) is 5.02 Å². The Morgan fingerprint density at radius 1 is 0.906 bits per heavy atom. The molecule has 1 spiro atoms. The highest BCUT2D eigenvalue weighted by atomic mass is 35.5. The van der Waals surface area contributed by atoms with Crippen molar-refractivity contribution >= 4 is 11.6 Å². The maximum absolute atomic E-state index is 10.5. The molecule has 1 saturated carbocycles. The van der Waals surface area contributed by atoms with Crippen LogP contribution >= 0.6 is 11.6 Å². The highest BCUT2D eigenvalue weighted by Gasteiger charge is 2.44. The molecule has 4 N–H and O–H groups in total. The molecule has 2 aromatic rings. The van der Waals surface area contributed by atoms with Gasteiger partial charge in [-0.15, -0.1) is 0 Å². The van der Waals surface area contributed by atoms with Crippen molar-refractivity contribution in [1.82, 2.24) is 0 Å². The molecule has 0 aromatic heterocycles. The quantitative estimate of drug-likeness (QED) is 0.565. The Balaban J connectivity index is 1.37. The van der Waals surface area contributed by atoms with Crippen molar-refractivity contribution < 1.29 is 25.2 Å². The zero-order valence-electron chi connectivity index (χ0n) is 18.1. The molecule has 5 nitrogen and oxygen atoms in total. The molecule has 1 unspecified atom stereocenters. The maximum atomic E-state index is 10.5. The third-order valence-corrected chi connectivity index (χ3v) is 8.12. The van der Waals surface area contributed by atoms with Crippen LogP contribution in [-0.2, 0) is 24.0 Å². The molecule has 0 radical (unpaired) electrons. The summed E-state index contributed by atoms with van der Waals surface area (Å²) < 4.78 is 5.72. The summed E-state index contributed by atoms with van der Waals surface area (Å²) >= 11 is 6.51. The fourth-order valence-corrected chi connectivity index (χ4v) is 6.16. The average Bonchev–Trinajstić information content (AvgIpc) is 3.39. The fraction of sp³-hybridized carbons (Fsp3) is 0.538. The standard InChI is InChI=1S/C26H31ClO5/c27-20-6-5-16(25-24(31)23(30)22(29)21(14-28)32-25)11-18(20)9-15-3-4-17-12-26(7-1-2-8-26)13-19(17)10-15/h3-6,10-11,21-25,28-31H,1-2,7-9,12-14H2/t21-,22-,23+,24-,25?/m1/s1. The Morgan fingerprint density at radius 2 is 1.66 bits per heavy atom. The minimum atomic E-state index is -1.40. The number of aliphatic hydroxyl groups is 4. The summed E-state index contributed by atoms with van der Waals surface area (Å²) in [6, 6.07) is 12.2. The maximum Gasteiger partial charge on any atom is 0.113 e. The lowest BCUT2D eigenvalue weighted by atomic mass is 9.83. The Morgan fingerprint density at radius 3 is 2.41 bits per heavy atom. The Kier molecular flexibility index (Phi) is 6.08. The van der Waals surface area contributed by atoms with E-state index in [1.807, 2.05) is 6.07 Å². The molecule has 5 atom stereocenters. The van der Waals surface area contributed by atoms with E-state index in [4.69, 9.17) is 16.3 Å². The number of halogens is 1. The van der Waals surface area contributed by atoms with Gasteiger partial charge in [0.15, 0.2) is 0 Å². The zero-order valence-corrected chi connectivity index (χ0v) is 18.8. The van der Waals surface area contributed by atoms with Gasteiger partial charge in [0.25, 0.3) is 0 Å². The molecule has 5 rings (SSSR count). The monoisotopic (exact) mass is 458 g/mol. The summed E-state index contributed by atoms with van der Waals surface area (Å²) in [5, 5.41) is 40.8. The van der Waals surface area contributed by atoms with Crippen molar-refractivity contribution in [2.75, 3.05) is 6.61 Å². The number of benzene rings is 2. The van der Waals surface area contributed by atoms with Crippen LogP contribution in [-0.4, -0.2) is 51.4 Å². The Bertz CT molecular complexity index is 984. The van der Waals surface area contributed by atoms with E-state index in [2.05, 4.69) is 18.2 Å². The molecular weight excluding hydrogens is 428 g/mol. The largest absolute Gasteiger partial charge is 0.394 e. The lowest BCUT2D eigenvalue weighted by Gasteiger charge is -2.40. The second kappa shape index (κ2) is 8.71. The molecule has 1 aliphatic heterocycles. The number of aliphatic hydroxyl groups excluding tert-OH is 4. The summed E-state index contributed by atoms with van der Waals surface area (Å²) in [6.07, 6.45) is 2.55. The lowest BCUT2D eigenvalue weighted by molar-refractivity contribution is -0.231. The van der Waals surface area contributed by atoms with Gasteiger partial charge in [-0.3, -0.25) is 0 Å². The molecule has 6 heteroatoms. The van der Waals surface area contributed by atoms with E-state index in [0.717, 1.165) is 5.56 Å². The first-order valence-corrected chi connectivity index (χ1v) is 12.0. The van der Waals surface area contributed by atoms with Gasteiger partial charge < -0.3 is 25.2 Å². The average molecular weight is 459 g/mol. The van der Waals surface area contributed by atoms with Crippen molar-refractivity contribution in [3.63, 3.8) is 0 Å². The van der Waals surface area contributed by atoms with Gasteiger partial charge in [-0.25, -0.2) is 0 Å². The zero-order chi connectivity index (χ0) is 22.5. The lowest BCUT2D eigenvalue weighted by Crippen LogP contribution is -2.55. The number of ether oxygens (including phenoxy) is 1. The molecule has 2 aromatic carbocycles. The van der Waals surface area contributed by atoms with Gasteiger partial charge in [0.2, 0.25) is 0 Å². The number of hydrogen-bond acceptors (Lipinski definition) is 5. The van der Waals surface area contributed by atoms with Gasteiger partial charge >= 0.3 is 0 Å². The predicted molar refractivity (Wildman–Crippen MR) is 122 cm³/mol. The molecule has 1 heterocycles. The third-order valence-electron chi connectivity index (χ3n) is 7.75. The summed E-state index contributed by atoms with van der Waals surface area (Å²) in [5.74, 6) is 0. The van der Waals surface area contributed by atoms with Crippen molar-refractivity contribution in [2.24, 2.45) is 5.41 Å². The smallest absolute Gasteiger partial charge is 0.113 e. The van der Waals surface area contributed by atoms with Gasteiger partial charge in [-0.05, 0) is 71.4 Å². The second-order valence-corrected chi connectivity index (χ2v) is 10.3.